The molecular formula is C24H28FN3O6. The van der Waals surface area contributed by atoms with Gasteiger partial charge in [-0.25, -0.2) is 14.0 Å². The van der Waals surface area contributed by atoms with E-state index in [-0.39, 0.29) is 13.0 Å². The Hall–Kier alpha value is -3.50. The van der Waals surface area contributed by atoms with Crippen molar-refractivity contribution >= 4 is 18.0 Å². The van der Waals surface area contributed by atoms with Crippen LogP contribution in [0.15, 0.2) is 48.5 Å². The molecule has 10 heteroatoms. The molecule has 3 rings (SSSR count). The number of benzene rings is 2. The van der Waals surface area contributed by atoms with Crippen LogP contribution in [0.5, 0.6) is 0 Å². The Kier molecular flexibility index (Phi) is 8.94. The summed E-state index contributed by atoms with van der Waals surface area (Å²) in [6.45, 7) is 3.11. The molecule has 4 N–H and O–H groups in total. The first-order valence-electron chi connectivity index (χ1n) is 10.9. The van der Waals surface area contributed by atoms with Crippen molar-refractivity contribution in [2.24, 2.45) is 5.73 Å². The number of halogens is 1. The lowest BCUT2D eigenvalue weighted by Crippen LogP contribution is -2.45. The second-order valence-electron chi connectivity index (χ2n) is 7.98. The molecule has 0 aromatic heterocycles. The molecule has 0 spiro atoms. The van der Waals surface area contributed by atoms with Crippen LogP contribution in [0.4, 0.5) is 9.18 Å². The summed E-state index contributed by atoms with van der Waals surface area (Å²) in [6, 6.07) is 11.2. The van der Waals surface area contributed by atoms with E-state index in [1.165, 1.54) is 24.3 Å². The smallest absolute Gasteiger partial charge is 0.408 e. The molecule has 2 aromatic rings. The number of carbonyl (C=O) groups excluding carboxylic acids is 2. The lowest BCUT2D eigenvalue weighted by molar-refractivity contribution is -0.139. The van der Waals surface area contributed by atoms with E-state index in [1.807, 2.05) is 0 Å². The van der Waals surface area contributed by atoms with Crippen LogP contribution in [0.1, 0.15) is 29.0 Å². The third-order valence-corrected chi connectivity index (χ3v) is 5.60. The first kappa shape index (κ1) is 25.1. The van der Waals surface area contributed by atoms with E-state index in [0.717, 1.165) is 13.1 Å². The average molecular weight is 474 g/mol. The van der Waals surface area contributed by atoms with Crippen molar-refractivity contribution in [3.05, 3.63) is 71.0 Å². The fourth-order valence-corrected chi connectivity index (χ4v) is 3.71. The van der Waals surface area contributed by atoms with Crippen LogP contribution in [0, 0.1) is 5.82 Å². The average Bonchev–Trinajstić information content (AvgIpc) is 2.83. The first-order valence-corrected chi connectivity index (χ1v) is 10.9. The van der Waals surface area contributed by atoms with Crippen molar-refractivity contribution in [3.63, 3.8) is 0 Å². The Morgan fingerprint density at radius 2 is 1.65 bits per heavy atom. The molecule has 1 unspecified atom stereocenters. The van der Waals surface area contributed by atoms with Gasteiger partial charge in [0.25, 0.3) is 0 Å². The van der Waals surface area contributed by atoms with Crippen LogP contribution in [-0.4, -0.2) is 66.9 Å². The zero-order valence-corrected chi connectivity index (χ0v) is 18.6. The first-order chi connectivity index (χ1) is 16.3. The van der Waals surface area contributed by atoms with Crippen LogP contribution >= 0.6 is 0 Å². The van der Waals surface area contributed by atoms with Crippen LogP contribution in [0.2, 0.25) is 0 Å². The molecule has 1 aliphatic heterocycles. The molecule has 1 fully saturated rings. The normalized spacial score (nSPS) is 15.8. The summed E-state index contributed by atoms with van der Waals surface area (Å²) in [6.07, 6.45) is -0.586. The maximum absolute atomic E-state index is 13.2. The number of morpholine rings is 1. The second-order valence-corrected chi connectivity index (χ2v) is 7.98. The molecule has 2 aromatic carbocycles. The van der Waals surface area contributed by atoms with Gasteiger partial charge in [-0.1, -0.05) is 36.4 Å². The molecule has 0 aliphatic carbocycles. The van der Waals surface area contributed by atoms with Gasteiger partial charge < -0.3 is 25.6 Å². The zero-order chi connectivity index (χ0) is 24.5. The SMILES string of the molecule is NC(=O)C(c1ccc(F)cc1)c1ccc(COC(=O)N[C@@H](CCN2CCOCC2)C(=O)O)cc1. The van der Waals surface area contributed by atoms with Crippen LogP contribution in [0.3, 0.4) is 0 Å². The zero-order valence-electron chi connectivity index (χ0n) is 18.6. The van der Waals surface area contributed by atoms with E-state index >= 15 is 0 Å². The van der Waals surface area contributed by atoms with Crippen molar-refractivity contribution in [3.8, 4) is 0 Å². The number of hydrogen-bond donors (Lipinski definition) is 3. The van der Waals surface area contributed by atoms with Crippen molar-refractivity contribution < 1.29 is 33.4 Å². The van der Waals surface area contributed by atoms with Gasteiger partial charge in [-0.15, -0.1) is 0 Å². The highest BCUT2D eigenvalue weighted by Gasteiger charge is 2.23. The number of nitrogens with zero attached hydrogens (tertiary/aromatic N) is 1. The fraction of sp³-hybridized carbons (Fsp3) is 0.375. The molecule has 1 saturated heterocycles. The van der Waals surface area contributed by atoms with Gasteiger partial charge in [-0.05, 0) is 35.2 Å². The number of hydrogen-bond acceptors (Lipinski definition) is 6. The lowest BCUT2D eigenvalue weighted by atomic mass is 9.90. The summed E-state index contributed by atoms with van der Waals surface area (Å²) < 4.78 is 23.6. The maximum atomic E-state index is 13.2. The third kappa shape index (κ3) is 7.26. The number of rotatable bonds is 10. The highest BCUT2D eigenvalue weighted by molar-refractivity contribution is 5.85. The van der Waals surface area contributed by atoms with Gasteiger partial charge in [0.05, 0.1) is 19.1 Å². The highest BCUT2D eigenvalue weighted by Crippen LogP contribution is 2.25. The molecule has 0 radical (unpaired) electrons. The van der Waals surface area contributed by atoms with Crippen molar-refractivity contribution in [2.75, 3.05) is 32.8 Å². The number of nitrogens with one attached hydrogen (secondary N) is 1. The highest BCUT2D eigenvalue weighted by atomic mass is 19.1. The third-order valence-electron chi connectivity index (χ3n) is 5.60. The molecule has 0 bridgehead atoms. The van der Waals surface area contributed by atoms with Crippen molar-refractivity contribution in [1.29, 1.82) is 0 Å². The molecule has 2 atom stereocenters. The number of carbonyl (C=O) groups is 3. The number of carboxylic acids is 1. The van der Waals surface area contributed by atoms with Crippen molar-refractivity contribution in [2.45, 2.75) is 25.0 Å². The lowest BCUT2D eigenvalue weighted by Gasteiger charge is -2.27. The number of aliphatic carboxylic acids is 1. The van der Waals surface area contributed by atoms with Gasteiger partial charge in [0.1, 0.15) is 18.5 Å². The molecule has 182 valence electrons. The maximum Gasteiger partial charge on any atom is 0.408 e. The van der Waals surface area contributed by atoms with E-state index in [0.29, 0.717) is 36.4 Å². The summed E-state index contributed by atoms with van der Waals surface area (Å²) in [5, 5.41) is 11.8. The predicted octanol–water partition coefficient (Wildman–Crippen LogP) is 1.84. The van der Waals surface area contributed by atoms with E-state index in [1.54, 1.807) is 24.3 Å². The number of nitrogens with two attached hydrogens (primary N) is 1. The van der Waals surface area contributed by atoms with E-state index < -0.39 is 35.7 Å². The molecule has 2 amide bonds. The fourth-order valence-electron chi connectivity index (χ4n) is 3.71. The number of ether oxygens (including phenoxy) is 2. The number of carboxylic acid groups (broad SMARTS) is 1. The van der Waals surface area contributed by atoms with Crippen LogP contribution in [-0.2, 0) is 25.7 Å². The molecule has 34 heavy (non-hydrogen) atoms. The van der Waals surface area contributed by atoms with Crippen LogP contribution in [0.25, 0.3) is 0 Å². The Morgan fingerprint density at radius 3 is 2.21 bits per heavy atom. The Morgan fingerprint density at radius 1 is 1.06 bits per heavy atom. The molecule has 1 heterocycles. The largest absolute Gasteiger partial charge is 0.480 e. The number of amides is 2. The van der Waals surface area contributed by atoms with Gasteiger partial charge in [0, 0.05) is 19.6 Å². The number of primary amides is 1. The van der Waals surface area contributed by atoms with Crippen LogP contribution < -0.4 is 11.1 Å². The summed E-state index contributed by atoms with van der Waals surface area (Å²) in [7, 11) is 0. The minimum absolute atomic E-state index is 0.0836. The monoisotopic (exact) mass is 473 g/mol. The van der Waals surface area contributed by atoms with Gasteiger partial charge >= 0.3 is 12.1 Å². The quantitative estimate of drug-likeness (QED) is 0.480. The van der Waals surface area contributed by atoms with Gasteiger partial charge in [0.2, 0.25) is 5.91 Å². The van der Waals surface area contributed by atoms with E-state index in [2.05, 4.69) is 10.2 Å². The van der Waals surface area contributed by atoms with Crippen molar-refractivity contribution in [1.82, 2.24) is 10.2 Å². The summed E-state index contributed by atoms with van der Waals surface area (Å²) in [4.78, 5) is 37.7. The summed E-state index contributed by atoms with van der Waals surface area (Å²) in [5.74, 6) is -2.87. The standard InChI is InChI=1S/C24H28FN3O6/c25-19-7-5-18(6-8-19)21(22(26)29)17-3-1-16(2-4-17)15-34-24(32)27-20(23(30)31)9-10-28-11-13-33-14-12-28/h1-8,20-21H,9-15H2,(H2,26,29)(H,27,32)(H,30,31)/t20-,21?/m0/s1. The second kappa shape index (κ2) is 12.1. The molecule has 0 saturated carbocycles. The summed E-state index contributed by atoms with van der Waals surface area (Å²) >= 11 is 0. The van der Waals surface area contributed by atoms with Gasteiger partial charge in [-0.3, -0.25) is 9.69 Å². The summed E-state index contributed by atoms with van der Waals surface area (Å²) in [5.41, 5.74) is 7.37. The Balaban J connectivity index is 1.53. The Bertz CT molecular complexity index is 977. The van der Waals surface area contributed by atoms with E-state index in [4.69, 9.17) is 15.2 Å². The van der Waals surface area contributed by atoms with Gasteiger partial charge in [0.15, 0.2) is 0 Å². The Labute approximate surface area is 196 Å². The predicted molar refractivity (Wildman–Crippen MR) is 120 cm³/mol. The van der Waals surface area contributed by atoms with Gasteiger partial charge in [-0.2, -0.15) is 0 Å². The molecule has 1 aliphatic rings. The molecular weight excluding hydrogens is 445 g/mol. The topological polar surface area (TPSA) is 131 Å². The van der Waals surface area contributed by atoms with E-state index in [9.17, 15) is 23.9 Å². The minimum atomic E-state index is -1.13. The minimum Gasteiger partial charge on any atom is -0.480 e. The molecule has 9 nitrogen and oxygen atoms in total. The number of alkyl carbamates (subject to hydrolysis) is 1.